The maximum Gasteiger partial charge on any atom is 0.333 e. The van der Waals surface area contributed by atoms with Crippen molar-refractivity contribution in [2.24, 2.45) is 0 Å². The summed E-state index contributed by atoms with van der Waals surface area (Å²) >= 11 is 1.40. The van der Waals surface area contributed by atoms with Crippen LogP contribution in [0.4, 0.5) is 0 Å². The van der Waals surface area contributed by atoms with Crippen LogP contribution in [0.25, 0.3) is 0 Å². The van der Waals surface area contributed by atoms with Gasteiger partial charge >= 0.3 is 5.97 Å². The van der Waals surface area contributed by atoms with Crippen LogP contribution in [0.3, 0.4) is 0 Å². The highest BCUT2D eigenvalue weighted by molar-refractivity contribution is 7.99. The van der Waals surface area contributed by atoms with Crippen LogP contribution in [0.2, 0.25) is 0 Å². The van der Waals surface area contributed by atoms with Crippen molar-refractivity contribution < 1.29 is 14.3 Å². The predicted octanol–water partition coefficient (Wildman–Crippen LogP) is 1.38. The maximum atomic E-state index is 11.6. The van der Waals surface area contributed by atoms with Crippen molar-refractivity contribution in [3.05, 3.63) is 35.9 Å². The van der Waals surface area contributed by atoms with Gasteiger partial charge in [-0.1, -0.05) is 30.3 Å². The second kappa shape index (κ2) is 6.96. The molecule has 1 atom stereocenters. The topological polar surface area (TPSA) is 55.4 Å². The van der Waals surface area contributed by atoms with Crippen LogP contribution in [0, 0.1) is 0 Å². The zero-order valence-electron chi connectivity index (χ0n) is 9.80. The first-order chi connectivity index (χ1) is 8.19. The number of benzene rings is 1. The highest BCUT2D eigenvalue weighted by Gasteiger charge is 2.22. The minimum atomic E-state index is -0.735. The normalized spacial score (nSPS) is 11.6. The molecule has 0 spiro atoms. The first kappa shape index (κ1) is 13.6. The van der Waals surface area contributed by atoms with Gasteiger partial charge in [0.15, 0.2) is 6.04 Å². The summed E-state index contributed by atoms with van der Waals surface area (Å²) in [6.45, 7) is 0. The van der Waals surface area contributed by atoms with Gasteiger partial charge in [0, 0.05) is 0 Å². The minimum Gasteiger partial charge on any atom is -0.467 e. The van der Waals surface area contributed by atoms with Crippen molar-refractivity contribution in [1.82, 2.24) is 5.32 Å². The van der Waals surface area contributed by atoms with Gasteiger partial charge < -0.3 is 10.1 Å². The monoisotopic (exact) mass is 253 g/mol. The number of hydrogen-bond donors (Lipinski definition) is 1. The fraction of sp³-hybridized carbons (Fsp3) is 0.333. The van der Waals surface area contributed by atoms with Crippen LogP contribution in [-0.4, -0.2) is 31.0 Å². The number of thioether (sulfide) groups is 1. The van der Waals surface area contributed by atoms with Crippen molar-refractivity contribution in [2.45, 2.75) is 6.04 Å². The number of amides is 1. The van der Waals surface area contributed by atoms with E-state index >= 15 is 0 Å². The molecular formula is C12H15NO3S. The van der Waals surface area contributed by atoms with Crippen molar-refractivity contribution in [3.8, 4) is 0 Å². The SMILES string of the molecule is COC(=O)C(NC(=O)CSC)c1ccccc1. The van der Waals surface area contributed by atoms with E-state index in [0.29, 0.717) is 11.3 Å². The number of ether oxygens (including phenoxy) is 1. The van der Waals surface area contributed by atoms with Crippen LogP contribution >= 0.6 is 11.8 Å². The Morgan fingerprint density at radius 2 is 2.00 bits per heavy atom. The highest BCUT2D eigenvalue weighted by atomic mass is 32.2. The van der Waals surface area contributed by atoms with E-state index in [1.165, 1.54) is 18.9 Å². The summed E-state index contributed by atoms with van der Waals surface area (Å²) in [5.74, 6) is -0.331. The third-order valence-corrected chi connectivity index (χ3v) is 2.70. The van der Waals surface area contributed by atoms with Crippen LogP contribution in [0.5, 0.6) is 0 Å². The van der Waals surface area contributed by atoms with E-state index in [1.54, 1.807) is 12.1 Å². The Kier molecular flexibility index (Phi) is 5.56. The molecule has 1 aromatic rings. The second-order valence-corrected chi connectivity index (χ2v) is 4.23. The maximum absolute atomic E-state index is 11.6. The van der Waals surface area contributed by atoms with Crippen molar-refractivity contribution in [2.75, 3.05) is 19.1 Å². The summed E-state index contributed by atoms with van der Waals surface area (Å²) < 4.78 is 4.69. The Hall–Kier alpha value is -1.49. The number of carbonyl (C=O) groups excluding carboxylic acids is 2. The van der Waals surface area contributed by atoms with Gasteiger partial charge in [-0.15, -0.1) is 0 Å². The van der Waals surface area contributed by atoms with Crippen LogP contribution < -0.4 is 5.32 Å². The van der Waals surface area contributed by atoms with Gasteiger partial charge in [0.25, 0.3) is 0 Å². The summed E-state index contributed by atoms with van der Waals surface area (Å²) in [5, 5.41) is 2.65. The van der Waals surface area contributed by atoms with Gasteiger partial charge in [-0.3, -0.25) is 4.79 Å². The zero-order valence-corrected chi connectivity index (χ0v) is 10.6. The number of rotatable bonds is 5. The molecule has 5 heteroatoms. The molecule has 1 aromatic carbocycles. The van der Waals surface area contributed by atoms with Crippen LogP contribution in [-0.2, 0) is 14.3 Å². The van der Waals surface area contributed by atoms with E-state index in [2.05, 4.69) is 10.1 Å². The van der Waals surface area contributed by atoms with E-state index in [0.717, 1.165) is 0 Å². The average Bonchev–Trinajstić information content (AvgIpc) is 2.36. The molecule has 1 unspecified atom stereocenters. The van der Waals surface area contributed by atoms with Gasteiger partial charge in [-0.05, 0) is 11.8 Å². The number of hydrogen-bond acceptors (Lipinski definition) is 4. The van der Waals surface area contributed by atoms with Gasteiger partial charge in [0.05, 0.1) is 12.9 Å². The molecule has 0 radical (unpaired) electrons. The number of esters is 1. The Morgan fingerprint density at radius 1 is 1.35 bits per heavy atom. The smallest absolute Gasteiger partial charge is 0.333 e. The van der Waals surface area contributed by atoms with Gasteiger partial charge in [-0.2, -0.15) is 11.8 Å². The molecule has 1 N–H and O–H groups in total. The number of nitrogens with one attached hydrogen (secondary N) is 1. The molecule has 0 saturated heterocycles. The van der Waals surface area contributed by atoms with Gasteiger partial charge in [-0.25, -0.2) is 4.79 Å². The molecule has 1 rings (SSSR count). The predicted molar refractivity (Wildman–Crippen MR) is 67.7 cm³/mol. The molecule has 0 heterocycles. The summed E-state index contributed by atoms with van der Waals surface area (Å²) in [7, 11) is 1.30. The Bertz CT molecular complexity index is 381. The number of carbonyl (C=O) groups is 2. The third-order valence-electron chi connectivity index (χ3n) is 2.15. The second-order valence-electron chi connectivity index (χ2n) is 3.37. The van der Waals surface area contributed by atoms with Crippen molar-refractivity contribution >= 4 is 23.6 Å². The lowest BCUT2D eigenvalue weighted by atomic mass is 10.1. The fourth-order valence-corrected chi connectivity index (χ4v) is 1.72. The highest BCUT2D eigenvalue weighted by Crippen LogP contribution is 2.14. The molecule has 0 aliphatic rings. The fourth-order valence-electron chi connectivity index (χ4n) is 1.38. The summed E-state index contributed by atoms with van der Waals surface area (Å²) in [6, 6.07) is 8.29. The van der Waals surface area contributed by atoms with Crippen LogP contribution in [0.1, 0.15) is 11.6 Å². The number of methoxy groups -OCH3 is 1. The van der Waals surface area contributed by atoms with Gasteiger partial charge in [0.2, 0.25) is 5.91 Å². The standard InChI is InChI=1S/C12H15NO3S/c1-16-12(15)11(13-10(14)8-17-2)9-6-4-3-5-7-9/h3-7,11H,8H2,1-2H3,(H,13,14). The Labute approximate surface area is 105 Å². The molecule has 92 valence electrons. The molecular weight excluding hydrogens is 238 g/mol. The summed E-state index contributed by atoms with van der Waals surface area (Å²) in [4.78, 5) is 23.1. The third kappa shape index (κ3) is 4.11. The van der Waals surface area contributed by atoms with E-state index in [9.17, 15) is 9.59 Å². The van der Waals surface area contributed by atoms with E-state index in [4.69, 9.17) is 0 Å². The Morgan fingerprint density at radius 3 is 2.53 bits per heavy atom. The lowest BCUT2D eigenvalue weighted by Crippen LogP contribution is -2.35. The van der Waals surface area contributed by atoms with Crippen LogP contribution in [0.15, 0.2) is 30.3 Å². The quantitative estimate of drug-likeness (QED) is 0.805. The first-order valence-corrected chi connectivity index (χ1v) is 6.49. The summed E-state index contributed by atoms with van der Waals surface area (Å²) in [6.07, 6.45) is 1.83. The van der Waals surface area contributed by atoms with E-state index < -0.39 is 12.0 Å². The molecule has 1 amide bonds. The van der Waals surface area contributed by atoms with E-state index in [-0.39, 0.29) is 5.91 Å². The van der Waals surface area contributed by atoms with Crippen molar-refractivity contribution in [3.63, 3.8) is 0 Å². The van der Waals surface area contributed by atoms with Gasteiger partial charge in [0.1, 0.15) is 0 Å². The lowest BCUT2D eigenvalue weighted by molar-refractivity contribution is -0.145. The molecule has 17 heavy (non-hydrogen) atoms. The largest absolute Gasteiger partial charge is 0.467 e. The molecule has 0 aromatic heterocycles. The Balaban J connectivity index is 2.82. The molecule has 0 fully saturated rings. The minimum absolute atomic E-state index is 0.184. The molecule has 4 nitrogen and oxygen atoms in total. The molecule has 0 aliphatic carbocycles. The van der Waals surface area contributed by atoms with Crippen molar-refractivity contribution in [1.29, 1.82) is 0 Å². The molecule has 0 bridgehead atoms. The molecule has 0 aliphatic heterocycles. The molecule has 0 saturated carbocycles. The summed E-state index contributed by atoms with van der Waals surface area (Å²) in [5.41, 5.74) is 0.716. The lowest BCUT2D eigenvalue weighted by Gasteiger charge is -2.16. The van der Waals surface area contributed by atoms with E-state index in [1.807, 2.05) is 24.5 Å². The first-order valence-electron chi connectivity index (χ1n) is 5.10. The average molecular weight is 253 g/mol. The zero-order chi connectivity index (χ0) is 12.7.